The Labute approximate surface area is 78.0 Å². The number of nitrogens with zero attached hydrogens (tertiary/aromatic N) is 1. The quantitative estimate of drug-likeness (QED) is 0.704. The maximum absolute atomic E-state index is 11.0. The fourth-order valence-corrected chi connectivity index (χ4v) is 0.873. The molecule has 0 aromatic carbocycles. The van der Waals surface area contributed by atoms with Crippen molar-refractivity contribution in [1.29, 1.82) is 0 Å². The summed E-state index contributed by atoms with van der Waals surface area (Å²) < 4.78 is 29.2. The Morgan fingerprint density at radius 3 is 2.38 bits per heavy atom. The molecule has 0 heterocycles. The van der Waals surface area contributed by atoms with Crippen molar-refractivity contribution in [1.82, 2.24) is 9.03 Å². The molecule has 0 saturated carbocycles. The normalized spacial score (nSPS) is 11.4. The summed E-state index contributed by atoms with van der Waals surface area (Å²) in [5.74, 6) is 0. The van der Waals surface area contributed by atoms with Gasteiger partial charge in [-0.2, -0.15) is 12.7 Å². The maximum Gasteiger partial charge on any atom is 0.421 e. The lowest BCUT2D eigenvalue weighted by Gasteiger charge is -2.11. The van der Waals surface area contributed by atoms with Crippen LogP contribution in [0.1, 0.15) is 13.3 Å². The van der Waals surface area contributed by atoms with Crippen molar-refractivity contribution in [3.63, 3.8) is 0 Å². The van der Waals surface area contributed by atoms with Crippen LogP contribution in [0.2, 0.25) is 0 Å². The zero-order valence-corrected chi connectivity index (χ0v) is 8.72. The Bertz CT molecular complexity index is 260. The van der Waals surface area contributed by atoms with E-state index in [2.05, 4.69) is 4.74 Å². The predicted octanol–water partition coefficient (Wildman–Crippen LogP) is -0.0710. The third-order valence-electron chi connectivity index (χ3n) is 1.13. The van der Waals surface area contributed by atoms with E-state index < -0.39 is 16.3 Å². The standard InChI is InChI=1S/C6H14N2O4S/c1-4-5-12-6(9)7-13(10,11)8(2)3/h4-5H2,1-3H3,(H,7,9). The molecule has 0 unspecified atom stereocenters. The van der Waals surface area contributed by atoms with E-state index in [-0.39, 0.29) is 6.61 Å². The van der Waals surface area contributed by atoms with Crippen LogP contribution in [0.3, 0.4) is 0 Å². The van der Waals surface area contributed by atoms with Crippen LogP contribution in [-0.4, -0.2) is 39.5 Å². The first-order valence-corrected chi connectivity index (χ1v) is 5.21. The van der Waals surface area contributed by atoms with E-state index in [9.17, 15) is 13.2 Å². The minimum absolute atomic E-state index is 0.203. The van der Waals surface area contributed by atoms with Gasteiger partial charge in [0.1, 0.15) is 0 Å². The molecule has 1 N–H and O–H groups in total. The number of carbonyl (C=O) groups excluding carboxylic acids is 1. The maximum atomic E-state index is 11.0. The molecule has 1 amide bonds. The molecule has 0 atom stereocenters. The van der Waals surface area contributed by atoms with E-state index >= 15 is 0 Å². The van der Waals surface area contributed by atoms with Gasteiger partial charge in [0.15, 0.2) is 0 Å². The van der Waals surface area contributed by atoms with Crippen molar-refractivity contribution in [3.05, 3.63) is 0 Å². The Morgan fingerprint density at radius 1 is 1.46 bits per heavy atom. The first kappa shape index (κ1) is 12.2. The second kappa shape index (κ2) is 5.03. The molecule has 0 radical (unpaired) electrons. The minimum atomic E-state index is -3.72. The van der Waals surface area contributed by atoms with Crippen LogP contribution in [0.15, 0.2) is 0 Å². The zero-order valence-electron chi connectivity index (χ0n) is 7.90. The molecule has 0 bridgehead atoms. The van der Waals surface area contributed by atoms with E-state index in [1.54, 1.807) is 4.72 Å². The van der Waals surface area contributed by atoms with Gasteiger partial charge >= 0.3 is 16.3 Å². The first-order valence-electron chi connectivity index (χ1n) is 3.77. The van der Waals surface area contributed by atoms with Gasteiger partial charge in [-0.3, -0.25) is 0 Å². The Hall–Kier alpha value is -0.820. The molecule has 0 fully saturated rings. The molecule has 0 rings (SSSR count). The van der Waals surface area contributed by atoms with Crippen LogP contribution in [0.25, 0.3) is 0 Å². The lowest BCUT2D eigenvalue weighted by Crippen LogP contribution is -2.39. The molecular formula is C6H14N2O4S. The zero-order chi connectivity index (χ0) is 10.5. The number of ether oxygens (including phenoxy) is 1. The highest BCUT2D eigenvalue weighted by Crippen LogP contribution is 1.90. The van der Waals surface area contributed by atoms with Crippen LogP contribution < -0.4 is 4.72 Å². The molecular weight excluding hydrogens is 196 g/mol. The molecule has 0 spiro atoms. The van der Waals surface area contributed by atoms with E-state index in [0.29, 0.717) is 6.42 Å². The number of nitrogens with one attached hydrogen (secondary N) is 1. The van der Waals surface area contributed by atoms with Crippen LogP contribution in [0.5, 0.6) is 0 Å². The van der Waals surface area contributed by atoms with E-state index in [0.717, 1.165) is 4.31 Å². The highest BCUT2D eigenvalue weighted by molar-refractivity contribution is 7.87. The summed E-state index contributed by atoms with van der Waals surface area (Å²) in [5, 5.41) is 0. The number of hydrogen-bond donors (Lipinski definition) is 1. The lowest BCUT2D eigenvalue weighted by molar-refractivity contribution is 0.152. The van der Waals surface area contributed by atoms with Crippen molar-refractivity contribution in [2.24, 2.45) is 0 Å². The smallest absolute Gasteiger partial charge is 0.421 e. The SMILES string of the molecule is CCCOC(=O)NS(=O)(=O)N(C)C. The van der Waals surface area contributed by atoms with Gasteiger partial charge in [-0.1, -0.05) is 6.92 Å². The van der Waals surface area contributed by atoms with Crippen molar-refractivity contribution in [2.75, 3.05) is 20.7 Å². The second-order valence-electron chi connectivity index (χ2n) is 2.53. The minimum Gasteiger partial charge on any atom is -0.449 e. The summed E-state index contributed by atoms with van der Waals surface area (Å²) in [6.07, 6.45) is -0.300. The molecule has 6 nitrogen and oxygen atoms in total. The third kappa shape index (κ3) is 4.69. The van der Waals surface area contributed by atoms with Crippen molar-refractivity contribution in [3.8, 4) is 0 Å². The summed E-state index contributed by atoms with van der Waals surface area (Å²) in [6.45, 7) is 2.02. The molecule has 78 valence electrons. The average Bonchev–Trinajstić information content (AvgIpc) is 1.99. The Balaban J connectivity index is 4.06. The van der Waals surface area contributed by atoms with Crippen LogP contribution >= 0.6 is 0 Å². The molecule has 13 heavy (non-hydrogen) atoms. The van der Waals surface area contributed by atoms with Gasteiger partial charge in [0, 0.05) is 14.1 Å². The summed E-state index contributed by atoms with van der Waals surface area (Å²) in [7, 11) is -1.09. The summed E-state index contributed by atoms with van der Waals surface area (Å²) in [5.41, 5.74) is 0. The molecule has 0 aliphatic rings. The van der Waals surface area contributed by atoms with E-state index in [4.69, 9.17) is 0 Å². The number of rotatable bonds is 4. The van der Waals surface area contributed by atoms with E-state index in [1.807, 2.05) is 6.92 Å². The van der Waals surface area contributed by atoms with Crippen molar-refractivity contribution >= 4 is 16.3 Å². The monoisotopic (exact) mass is 210 g/mol. The Morgan fingerprint density at radius 2 is 2.00 bits per heavy atom. The fraction of sp³-hybridized carbons (Fsp3) is 0.833. The molecule has 0 aromatic heterocycles. The number of amides is 1. The number of hydrogen-bond acceptors (Lipinski definition) is 4. The second-order valence-corrected chi connectivity index (χ2v) is 4.41. The van der Waals surface area contributed by atoms with Crippen LogP contribution in [0, 0.1) is 0 Å². The van der Waals surface area contributed by atoms with Crippen LogP contribution in [-0.2, 0) is 14.9 Å². The molecule has 0 aliphatic heterocycles. The highest BCUT2D eigenvalue weighted by Gasteiger charge is 2.17. The van der Waals surface area contributed by atoms with Gasteiger partial charge in [-0.15, -0.1) is 0 Å². The molecule has 7 heteroatoms. The van der Waals surface area contributed by atoms with Crippen molar-refractivity contribution < 1.29 is 17.9 Å². The highest BCUT2D eigenvalue weighted by atomic mass is 32.2. The molecule has 0 aliphatic carbocycles. The third-order valence-corrected chi connectivity index (χ3v) is 2.52. The first-order chi connectivity index (χ1) is 5.90. The van der Waals surface area contributed by atoms with Gasteiger partial charge in [0.05, 0.1) is 6.61 Å². The van der Waals surface area contributed by atoms with Crippen LogP contribution in [0.4, 0.5) is 4.79 Å². The van der Waals surface area contributed by atoms with Crippen molar-refractivity contribution in [2.45, 2.75) is 13.3 Å². The molecule has 0 saturated heterocycles. The summed E-state index contributed by atoms with van der Waals surface area (Å²) in [4.78, 5) is 10.8. The van der Waals surface area contributed by atoms with Gasteiger partial charge in [-0.25, -0.2) is 9.52 Å². The average molecular weight is 210 g/mol. The molecule has 0 aromatic rings. The van der Waals surface area contributed by atoms with E-state index in [1.165, 1.54) is 14.1 Å². The lowest BCUT2D eigenvalue weighted by atomic mass is 10.5. The summed E-state index contributed by atoms with van der Waals surface area (Å²) >= 11 is 0. The predicted molar refractivity (Wildman–Crippen MR) is 47.4 cm³/mol. The van der Waals surface area contributed by atoms with Gasteiger partial charge < -0.3 is 4.74 Å². The largest absolute Gasteiger partial charge is 0.449 e. The topological polar surface area (TPSA) is 75.7 Å². The van der Waals surface area contributed by atoms with Gasteiger partial charge in [0.25, 0.3) is 0 Å². The van der Waals surface area contributed by atoms with Gasteiger partial charge in [0.2, 0.25) is 0 Å². The fourth-order valence-electron chi connectivity index (χ4n) is 0.421. The Kier molecular flexibility index (Phi) is 4.71. The van der Waals surface area contributed by atoms with Gasteiger partial charge in [-0.05, 0) is 6.42 Å². The number of carbonyl (C=O) groups is 1. The summed E-state index contributed by atoms with van der Waals surface area (Å²) in [6, 6.07) is 0.